The highest BCUT2D eigenvalue weighted by Gasteiger charge is 2.30. The monoisotopic (exact) mass is 455 g/mol. The molecule has 2 aliphatic rings. The molecule has 32 heavy (non-hydrogen) atoms. The molecule has 2 unspecified atom stereocenters. The summed E-state index contributed by atoms with van der Waals surface area (Å²) < 4.78 is 28.1. The summed E-state index contributed by atoms with van der Waals surface area (Å²) in [4.78, 5) is 17.4. The summed E-state index contributed by atoms with van der Waals surface area (Å²) in [6.07, 6.45) is 1.12. The van der Waals surface area contributed by atoms with E-state index in [0.29, 0.717) is 43.6 Å². The Hall–Kier alpha value is -2.22. The first kappa shape index (κ1) is 23.0. The van der Waals surface area contributed by atoms with E-state index in [2.05, 4.69) is 30.9 Å². The van der Waals surface area contributed by atoms with E-state index in [1.54, 1.807) is 28.6 Å². The van der Waals surface area contributed by atoms with Crippen LogP contribution in [0.3, 0.4) is 0 Å². The number of nitrogens with zero attached hydrogens (tertiary/aromatic N) is 3. The molecule has 2 heterocycles. The predicted octanol–water partition coefficient (Wildman–Crippen LogP) is 3.31. The van der Waals surface area contributed by atoms with Gasteiger partial charge < -0.3 is 4.90 Å². The van der Waals surface area contributed by atoms with Crippen LogP contribution in [0.25, 0.3) is 0 Å². The highest BCUT2D eigenvalue weighted by Crippen LogP contribution is 2.24. The van der Waals surface area contributed by atoms with Crippen molar-refractivity contribution in [3.63, 3.8) is 0 Å². The minimum Gasteiger partial charge on any atom is -0.338 e. The maximum absolute atomic E-state index is 13.3. The number of amides is 1. The van der Waals surface area contributed by atoms with Crippen molar-refractivity contribution in [2.45, 2.75) is 31.7 Å². The van der Waals surface area contributed by atoms with E-state index in [9.17, 15) is 13.2 Å². The Balaban J connectivity index is 1.42. The molecule has 0 bridgehead atoms. The predicted molar refractivity (Wildman–Crippen MR) is 126 cm³/mol. The summed E-state index contributed by atoms with van der Waals surface area (Å²) in [7, 11) is -3.63. The molecule has 2 saturated heterocycles. The van der Waals surface area contributed by atoms with Gasteiger partial charge in [0, 0.05) is 51.4 Å². The molecule has 0 aliphatic carbocycles. The molecule has 0 aromatic heterocycles. The normalized spacial score (nSPS) is 23.2. The van der Waals surface area contributed by atoms with Crippen molar-refractivity contribution in [2.24, 2.45) is 11.8 Å². The number of benzene rings is 2. The van der Waals surface area contributed by atoms with Crippen LogP contribution in [-0.4, -0.2) is 67.7 Å². The van der Waals surface area contributed by atoms with Crippen molar-refractivity contribution < 1.29 is 13.2 Å². The van der Waals surface area contributed by atoms with Crippen molar-refractivity contribution in [2.75, 3.05) is 39.3 Å². The number of sulfonamides is 1. The minimum atomic E-state index is -3.63. The van der Waals surface area contributed by atoms with E-state index in [1.165, 1.54) is 5.56 Å². The Morgan fingerprint density at radius 3 is 2.22 bits per heavy atom. The highest BCUT2D eigenvalue weighted by atomic mass is 32.2. The van der Waals surface area contributed by atoms with E-state index in [1.807, 2.05) is 23.1 Å². The van der Waals surface area contributed by atoms with Gasteiger partial charge >= 0.3 is 0 Å². The lowest BCUT2D eigenvalue weighted by molar-refractivity contribution is 0.0623. The third-order valence-corrected chi connectivity index (χ3v) is 8.35. The summed E-state index contributed by atoms with van der Waals surface area (Å²) in [6, 6.07) is 16.8. The van der Waals surface area contributed by atoms with Gasteiger partial charge in [-0.05, 0) is 42.0 Å². The second kappa shape index (κ2) is 9.73. The van der Waals surface area contributed by atoms with Crippen LogP contribution in [0.4, 0.5) is 0 Å². The highest BCUT2D eigenvalue weighted by molar-refractivity contribution is 7.89. The van der Waals surface area contributed by atoms with Gasteiger partial charge in [-0.3, -0.25) is 9.69 Å². The van der Waals surface area contributed by atoms with Crippen LogP contribution in [-0.2, 0) is 16.6 Å². The van der Waals surface area contributed by atoms with E-state index < -0.39 is 10.0 Å². The lowest BCUT2D eigenvalue weighted by Crippen LogP contribution is -2.48. The molecule has 7 heteroatoms. The summed E-state index contributed by atoms with van der Waals surface area (Å²) in [5.41, 5.74) is 1.69. The Bertz CT molecular complexity index is 1020. The second-order valence-electron chi connectivity index (χ2n) is 9.35. The molecule has 0 saturated carbocycles. The van der Waals surface area contributed by atoms with Crippen LogP contribution in [0.1, 0.15) is 36.2 Å². The van der Waals surface area contributed by atoms with Gasteiger partial charge in [0.25, 0.3) is 5.91 Å². The average Bonchev–Trinajstić information content (AvgIpc) is 2.79. The molecule has 0 N–H and O–H groups in total. The molecule has 0 radical (unpaired) electrons. The fraction of sp³-hybridized carbons (Fsp3) is 0.480. The fourth-order valence-corrected chi connectivity index (χ4v) is 6.39. The third-order valence-electron chi connectivity index (χ3n) is 6.46. The standard InChI is InChI=1S/C25H33N3O3S/c1-20-15-21(2)18-27(17-20)25(29)23-9-6-10-24(16-23)32(30,31)28-13-11-26(12-14-28)19-22-7-4-3-5-8-22/h3-10,16,20-21H,11-15,17-19H2,1-2H3. The van der Waals surface area contributed by atoms with Gasteiger partial charge in [-0.25, -0.2) is 8.42 Å². The summed E-state index contributed by atoms with van der Waals surface area (Å²) >= 11 is 0. The maximum atomic E-state index is 13.3. The topological polar surface area (TPSA) is 60.9 Å². The van der Waals surface area contributed by atoms with Crippen molar-refractivity contribution in [3.05, 3.63) is 65.7 Å². The maximum Gasteiger partial charge on any atom is 0.253 e. The van der Waals surface area contributed by atoms with Crippen LogP contribution in [0.15, 0.2) is 59.5 Å². The first-order chi connectivity index (χ1) is 15.3. The zero-order chi connectivity index (χ0) is 22.7. The molecule has 6 nitrogen and oxygen atoms in total. The summed E-state index contributed by atoms with van der Waals surface area (Å²) in [6.45, 7) is 8.89. The minimum absolute atomic E-state index is 0.0758. The van der Waals surface area contributed by atoms with Crippen molar-refractivity contribution >= 4 is 15.9 Å². The largest absolute Gasteiger partial charge is 0.338 e. The first-order valence-electron chi connectivity index (χ1n) is 11.5. The van der Waals surface area contributed by atoms with Crippen LogP contribution in [0.5, 0.6) is 0 Å². The Morgan fingerprint density at radius 1 is 0.906 bits per heavy atom. The average molecular weight is 456 g/mol. The molecule has 2 fully saturated rings. The molecular formula is C25H33N3O3S. The van der Waals surface area contributed by atoms with E-state index in [4.69, 9.17) is 0 Å². The van der Waals surface area contributed by atoms with Gasteiger partial charge in [-0.1, -0.05) is 50.2 Å². The number of carbonyl (C=O) groups is 1. The van der Waals surface area contributed by atoms with Gasteiger partial charge in [0.2, 0.25) is 10.0 Å². The molecule has 4 rings (SSSR count). The quantitative estimate of drug-likeness (QED) is 0.694. The third kappa shape index (κ3) is 5.22. The molecule has 2 aromatic rings. The molecule has 1 amide bonds. The van der Waals surface area contributed by atoms with Crippen molar-refractivity contribution in [1.82, 2.24) is 14.1 Å². The van der Waals surface area contributed by atoms with E-state index in [-0.39, 0.29) is 10.8 Å². The number of rotatable bonds is 5. The number of carbonyl (C=O) groups excluding carboxylic acids is 1. The molecule has 172 valence electrons. The van der Waals surface area contributed by atoms with Crippen LogP contribution in [0.2, 0.25) is 0 Å². The van der Waals surface area contributed by atoms with Crippen LogP contribution >= 0.6 is 0 Å². The number of likely N-dealkylation sites (tertiary alicyclic amines) is 1. The Morgan fingerprint density at radius 2 is 1.56 bits per heavy atom. The smallest absolute Gasteiger partial charge is 0.253 e. The van der Waals surface area contributed by atoms with E-state index in [0.717, 1.165) is 26.1 Å². The van der Waals surface area contributed by atoms with Crippen molar-refractivity contribution in [3.8, 4) is 0 Å². The van der Waals surface area contributed by atoms with Gasteiger partial charge in [-0.2, -0.15) is 4.31 Å². The van der Waals surface area contributed by atoms with Crippen LogP contribution in [0, 0.1) is 11.8 Å². The first-order valence-corrected chi connectivity index (χ1v) is 12.9. The Labute approximate surface area is 191 Å². The zero-order valence-electron chi connectivity index (χ0n) is 19.0. The molecule has 0 spiro atoms. The summed E-state index contributed by atoms with van der Waals surface area (Å²) in [5.74, 6) is 0.844. The van der Waals surface area contributed by atoms with Crippen LogP contribution < -0.4 is 0 Å². The lowest BCUT2D eigenvalue weighted by atomic mass is 9.91. The van der Waals surface area contributed by atoms with Gasteiger partial charge in [0.1, 0.15) is 0 Å². The lowest BCUT2D eigenvalue weighted by Gasteiger charge is -2.35. The number of piperazine rings is 1. The molecular weight excluding hydrogens is 422 g/mol. The molecule has 2 atom stereocenters. The van der Waals surface area contributed by atoms with Gasteiger partial charge in [0.15, 0.2) is 0 Å². The number of hydrogen-bond donors (Lipinski definition) is 0. The summed E-state index contributed by atoms with van der Waals surface area (Å²) in [5, 5.41) is 0. The number of hydrogen-bond acceptors (Lipinski definition) is 4. The SMILES string of the molecule is CC1CC(C)CN(C(=O)c2cccc(S(=O)(=O)N3CCN(Cc4ccccc4)CC3)c2)C1. The second-order valence-corrected chi connectivity index (χ2v) is 11.3. The van der Waals surface area contributed by atoms with Gasteiger partial charge in [-0.15, -0.1) is 0 Å². The molecule has 2 aliphatic heterocycles. The Kier molecular flexibility index (Phi) is 6.98. The zero-order valence-corrected chi connectivity index (χ0v) is 19.8. The van der Waals surface area contributed by atoms with Crippen molar-refractivity contribution in [1.29, 1.82) is 0 Å². The van der Waals surface area contributed by atoms with Gasteiger partial charge in [0.05, 0.1) is 4.90 Å². The van der Waals surface area contributed by atoms with E-state index >= 15 is 0 Å². The molecule has 2 aromatic carbocycles. The number of piperidine rings is 1. The fourth-order valence-electron chi connectivity index (χ4n) is 4.92.